The molecule has 1 saturated heterocycles. The van der Waals surface area contributed by atoms with Crippen LogP contribution in [0.1, 0.15) is 46.0 Å². The van der Waals surface area contributed by atoms with Crippen molar-refractivity contribution in [3.63, 3.8) is 0 Å². The van der Waals surface area contributed by atoms with Gasteiger partial charge in [0.05, 0.1) is 24.4 Å². The minimum absolute atomic E-state index is 0.0434. The Morgan fingerprint density at radius 1 is 1.04 bits per heavy atom. The van der Waals surface area contributed by atoms with Crippen molar-refractivity contribution in [3.8, 4) is 0 Å². The van der Waals surface area contributed by atoms with Crippen LogP contribution >= 0.6 is 0 Å². The van der Waals surface area contributed by atoms with Crippen molar-refractivity contribution in [2.75, 3.05) is 19.7 Å². The van der Waals surface area contributed by atoms with Gasteiger partial charge in [0.2, 0.25) is 0 Å². The molecule has 0 bridgehead atoms. The number of H-pyrrole nitrogens is 1. The van der Waals surface area contributed by atoms with E-state index in [-0.39, 0.29) is 24.4 Å². The van der Waals surface area contributed by atoms with Crippen molar-refractivity contribution < 1.29 is 28.7 Å². The van der Waals surface area contributed by atoms with Crippen molar-refractivity contribution in [2.45, 2.75) is 27.7 Å². The molecule has 1 aromatic rings. The number of carbonyl (C=O) groups excluding carboxylic acids is 5. The van der Waals surface area contributed by atoms with Crippen LogP contribution < -0.4 is 0 Å². The third kappa shape index (κ3) is 3.04. The SMILES string of the molecule is CCOC(=O)c1c(C)[nH]c(C(=O)CN2C(=O)C(=O)N(CC)C2=O)c1C. The summed E-state index contributed by atoms with van der Waals surface area (Å²) in [5.74, 6) is -3.13. The zero-order valence-corrected chi connectivity index (χ0v) is 14.5. The number of amides is 4. The van der Waals surface area contributed by atoms with E-state index in [0.29, 0.717) is 16.2 Å². The second kappa shape index (κ2) is 6.88. The van der Waals surface area contributed by atoms with Crippen LogP contribution in [0, 0.1) is 13.8 Å². The highest BCUT2D eigenvalue weighted by Gasteiger charge is 2.44. The number of aryl methyl sites for hydroxylation is 1. The number of esters is 1. The quantitative estimate of drug-likeness (QED) is 0.351. The minimum atomic E-state index is -1.04. The zero-order chi connectivity index (χ0) is 18.9. The highest BCUT2D eigenvalue weighted by Crippen LogP contribution is 2.21. The summed E-state index contributed by atoms with van der Waals surface area (Å²) >= 11 is 0. The fourth-order valence-corrected chi connectivity index (χ4v) is 2.73. The molecular weight excluding hydrogens is 330 g/mol. The van der Waals surface area contributed by atoms with Gasteiger partial charge in [-0.2, -0.15) is 0 Å². The smallest absolute Gasteiger partial charge is 0.340 e. The van der Waals surface area contributed by atoms with Crippen molar-refractivity contribution in [3.05, 3.63) is 22.5 Å². The first-order valence-electron chi connectivity index (χ1n) is 7.81. The number of hydrogen-bond acceptors (Lipinski definition) is 6. The van der Waals surface area contributed by atoms with Gasteiger partial charge in [-0.15, -0.1) is 0 Å². The van der Waals surface area contributed by atoms with Crippen molar-refractivity contribution in [1.82, 2.24) is 14.8 Å². The number of aromatic nitrogens is 1. The number of ketones is 1. The molecule has 2 rings (SSSR count). The maximum absolute atomic E-state index is 12.5. The van der Waals surface area contributed by atoms with Crippen LogP contribution in [-0.4, -0.2) is 64.1 Å². The predicted molar refractivity (Wildman–Crippen MR) is 85.0 cm³/mol. The number of imide groups is 2. The van der Waals surface area contributed by atoms with E-state index in [4.69, 9.17) is 4.74 Å². The monoisotopic (exact) mass is 349 g/mol. The van der Waals surface area contributed by atoms with Crippen LogP contribution in [0.2, 0.25) is 0 Å². The summed E-state index contributed by atoms with van der Waals surface area (Å²) < 4.78 is 4.95. The maximum Gasteiger partial charge on any atom is 0.340 e. The number of likely N-dealkylation sites (N-methyl/N-ethyl adjacent to an activating group) is 1. The van der Waals surface area contributed by atoms with Crippen LogP contribution in [-0.2, 0) is 14.3 Å². The molecule has 1 fully saturated rings. The molecule has 4 amide bonds. The topological polar surface area (TPSA) is 117 Å². The molecule has 0 unspecified atom stereocenters. The van der Waals surface area contributed by atoms with Gasteiger partial charge < -0.3 is 9.72 Å². The Balaban J connectivity index is 2.27. The Labute approximate surface area is 143 Å². The fourth-order valence-electron chi connectivity index (χ4n) is 2.73. The number of carbonyl (C=O) groups is 5. The number of hydrogen-bond donors (Lipinski definition) is 1. The van der Waals surface area contributed by atoms with Crippen LogP contribution in [0.3, 0.4) is 0 Å². The van der Waals surface area contributed by atoms with E-state index >= 15 is 0 Å². The van der Waals surface area contributed by atoms with E-state index in [1.807, 2.05) is 0 Å². The number of urea groups is 1. The molecule has 0 atom stereocenters. The van der Waals surface area contributed by atoms with E-state index in [1.54, 1.807) is 27.7 Å². The van der Waals surface area contributed by atoms with Crippen LogP contribution in [0.25, 0.3) is 0 Å². The van der Waals surface area contributed by atoms with Crippen LogP contribution in [0.15, 0.2) is 0 Å². The number of nitrogens with one attached hydrogen (secondary N) is 1. The summed E-state index contributed by atoms with van der Waals surface area (Å²) in [5.41, 5.74) is 1.17. The van der Waals surface area contributed by atoms with Gasteiger partial charge in [0, 0.05) is 12.2 Å². The lowest BCUT2D eigenvalue weighted by molar-refractivity contribution is -0.143. The Kier molecular flexibility index (Phi) is 5.05. The highest BCUT2D eigenvalue weighted by atomic mass is 16.5. The second-order valence-corrected chi connectivity index (χ2v) is 5.49. The molecule has 2 heterocycles. The lowest BCUT2D eigenvalue weighted by Crippen LogP contribution is -2.37. The van der Waals surface area contributed by atoms with Gasteiger partial charge in [-0.1, -0.05) is 0 Å². The van der Waals surface area contributed by atoms with Gasteiger partial charge in [-0.05, 0) is 33.3 Å². The largest absolute Gasteiger partial charge is 0.462 e. The second-order valence-electron chi connectivity index (χ2n) is 5.49. The van der Waals surface area contributed by atoms with Crippen molar-refractivity contribution in [2.24, 2.45) is 0 Å². The van der Waals surface area contributed by atoms with Gasteiger partial charge in [0.15, 0.2) is 5.78 Å². The maximum atomic E-state index is 12.5. The molecule has 9 heteroatoms. The summed E-state index contributed by atoms with van der Waals surface area (Å²) in [5, 5.41) is 0. The first-order chi connectivity index (χ1) is 11.7. The lowest BCUT2D eigenvalue weighted by atomic mass is 10.1. The molecule has 0 saturated carbocycles. The highest BCUT2D eigenvalue weighted by molar-refractivity contribution is 6.45. The third-order valence-electron chi connectivity index (χ3n) is 3.95. The van der Waals surface area contributed by atoms with Crippen molar-refractivity contribution >= 4 is 29.6 Å². The Morgan fingerprint density at radius 2 is 1.64 bits per heavy atom. The van der Waals surface area contributed by atoms with Crippen LogP contribution in [0.4, 0.5) is 4.79 Å². The third-order valence-corrected chi connectivity index (χ3v) is 3.95. The molecular formula is C16H19N3O6. The first kappa shape index (κ1) is 18.4. The molecule has 0 spiro atoms. The molecule has 25 heavy (non-hydrogen) atoms. The van der Waals surface area contributed by atoms with E-state index in [1.165, 1.54) is 0 Å². The van der Waals surface area contributed by atoms with Gasteiger partial charge in [0.25, 0.3) is 0 Å². The first-order valence-corrected chi connectivity index (χ1v) is 7.81. The summed E-state index contributed by atoms with van der Waals surface area (Å²) in [6, 6.07) is -0.822. The number of rotatable bonds is 6. The molecule has 1 aromatic heterocycles. The predicted octanol–water partition coefficient (Wildman–Crippen LogP) is 0.802. The molecule has 9 nitrogen and oxygen atoms in total. The normalized spacial score (nSPS) is 14.5. The molecule has 1 aliphatic rings. The minimum Gasteiger partial charge on any atom is -0.462 e. The van der Waals surface area contributed by atoms with Gasteiger partial charge >= 0.3 is 23.8 Å². The summed E-state index contributed by atoms with van der Waals surface area (Å²) in [6.45, 7) is 6.06. The Hall–Kier alpha value is -2.97. The lowest BCUT2D eigenvalue weighted by Gasteiger charge is -2.13. The Morgan fingerprint density at radius 3 is 2.16 bits per heavy atom. The fraction of sp³-hybridized carbons (Fsp3) is 0.438. The number of Topliss-reactive ketones (excluding diaryl/α,β-unsaturated/α-hetero) is 1. The average Bonchev–Trinajstić information content (AvgIpc) is 2.96. The molecule has 134 valence electrons. The molecule has 1 N–H and O–H groups in total. The van der Waals surface area contributed by atoms with Gasteiger partial charge in [0.1, 0.15) is 0 Å². The standard InChI is InChI=1S/C16H19N3O6/c1-5-18-13(21)14(22)19(16(18)24)7-10(20)12-8(3)11(9(4)17-12)15(23)25-6-2/h17H,5-7H2,1-4H3. The van der Waals surface area contributed by atoms with Gasteiger partial charge in [-0.3, -0.25) is 19.3 Å². The Bertz CT molecular complexity index is 779. The van der Waals surface area contributed by atoms with E-state index < -0.39 is 36.1 Å². The summed E-state index contributed by atoms with van der Waals surface area (Å²) in [6.07, 6.45) is 0. The molecule has 0 aliphatic carbocycles. The summed E-state index contributed by atoms with van der Waals surface area (Å²) in [4.78, 5) is 64.3. The van der Waals surface area contributed by atoms with E-state index in [9.17, 15) is 24.0 Å². The molecule has 1 aliphatic heterocycles. The molecule has 0 radical (unpaired) electrons. The van der Waals surface area contributed by atoms with Crippen LogP contribution in [0.5, 0.6) is 0 Å². The van der Waals surface area contributed by atoms with Gasteiger partial charge in [-0.25, -0.2) is 14.5 Å². The van der Waals surface area contributed by atoms with E-state index in [0.717, 1.165) is 4.90 Å². The summed E-state index contributed by atoms with van der Waals surface area (Å²) in [7, 11) is 0. The molecule has 0 aromatic carbocycles. The van der Waals surface area contributed by atoms with Crippen molar-refractivity contribution in [1.29, 1.82) is 0 Å². The van der Waals surface area contributed by atoms with E-state index in [2.05, 4.69) is 4.98 Å². The zero-order valence-electron chi connectivity index (χ0n) is 14.5. The average molecular weight is 349 g/mol. The number of nitrogens with zero attached hydrogens (tertiary/aromatic N) is 2. The number of ether oxygens (including phenoxy) is 1. The number of aromatic amines is 1.